The minimum Gasteiger partial charge on any atom is -0.507 e. The molecule has 4 aromatic rings. The number of carboxylic acid groups (broad SMARTS) is 1. The van der Waals surface area contributed by atoms with Crippen LogP contribution >= 0.6 is 0 Å². The first kappa shape index (κ1) is 21.2. The summed E-state index contributed by atoms with van der Waals surface area (Å²) in [5.74, 6) is -1.67. The molecule has 1 aliphatic carbocycles. The molecule has 1 aliphatic heterocycles. The van der Waals surface area contributed by atoms with E-state index in [1.54, 1.807) is 54.2 Å². The van der Waals surface area contributed by atoms with Gasteiger partial charge in [-0.2, -0.15) is 0 Å². The van der Waals surface area contributed by atoms with Crippen LogP contribution in [-0.2, 0) is 17.3 Å². The molecule has 1 aromatic heterocycles. The number of phenols is 1. The van der Waals surface area contributed by atoms with Crippen LogP contribution in [-0.4, -0.2) is 26.7 Å². The molecule has 2 aliphatic rings. The predicted octanol–water partition coefficient (Wildman–Crippen LogP) is 5.28. The Morgan fingerprint density at radius 2 is 1.74 bits per heavy atom. The second-order valence-electron chi connectivity index (χ2n) is 9.23. The number of fused-ring (bicyclic) bond motifs is 2. The summed E-state index contributed by atoms with van der Waals surface area (Å²) in [6, 6.07) is 19.0. The molecule has 1 spiro atoms. The zero-order valence-corrected chi connectivity index (χ0v) is 18.7. The lowest BCUT2D eigenvalue weighted by molar-refractivity contribution is -0.118. The Morgan fingerprint density at radius 3 is 2.40 bits per heavy atom. The zero-order valence-electron chi connectivity index (χ0n) is 18.7. The van der Waals surface area contributed by atoms with Crippen LogP contribution in [0.5, 0.6) is 5.75 Å². The fourth-order valence-electron chi connectivity index (χ4n) is 5.38. The minimum atomic E-state index is -1.03. The molecule has 35 heavy (non-hydrogen) atoms. The normalized spacial score (nSPS) is 20.1. The van der Waals surface area contributed by atoms with E-state index in [1.165, 1.54) is 6.07 Å². The lowest BCUT2D eigenvalue weighted by Crippen LogP contribution is -2.20. The van der Waals surface area contributed by atoms with Gasteiger partial charge >= 0.3 is 5.97 Å². The summed E-state index contributed by atoms with van der Waals surface area (Å²) in [4.78, 5) is 24.5. The Balaban J connectivity index is 1.38. The van der Waals surface area contributed by atoms with E-state index in [2.05, 4.69) is 5.32 Å². The van der Waals surface area contributed by atoms with E-state index in [0.717, 1.165) is 16.7 Å². The highest BCUT2D eigenvalue weighted by atomic mass is 19.1. The number of hydrogen-bond donors (Lipinski definition) is 3. The number of aromatic carboxylic acids is 1. The van der Waals surface area contributed by atoms with Gasteiger partial charge in [0.25, 0.3) is 0 Å². The molecule has 1 saturated carbocycles. The van der Waals surface area contributed by atoms with E-state index in [1.807, 2.05) is 24.3 Å². The first-order valence-corrected chi connectivity index (χ1v) is 11.2. The molecule has 1 amide bonds. The summed E-state index contributed by atoms with van der Waals surface area (Å²) in [7, 11) is 1.66. The third-order valence-corrected chi connectivity index (χ3v) is 7.26. The van der Waals surface area contributed by atoms with Crippen LogP contribution in [0.2, 0.25) is 0 Å². The number of phenolic OH excluding ortho intramolecular Hbond substituents is 1. The molecule has 1 fully saturated rings. The molecule has 3 N–H and O–H groups in total. The van der Waals surface area contributed by atoms with E-state index in [9.17, 15) is 19.8 Å². The molecule has 3 aromatic carbocycles. The third kappa shape index (κ3) is 3.08. The Labute approximate surface area is 200 Å². The number of amides is 1. The molecule has 0 radical (unpaired) electrons. The number of aromatic nitrogens is 1. The van der Waals surface area contributed by atoms with Crippen molar-refractivity contribution in [3.8, 4) is 28.0 Å². The van der Waals surface area contributed by atoms with Crippen molar-refractivity contribution in [2.75, 3.05) is 5.32 Å². The molecule has 0 bridgehead atoms. The monoisotopic (exact) mass is 468 g/mol. The summed E-state index contributed by atoms with van der Waals surface area (Å²) in [5.41, 5.74) is 3.83. The molecule has 2 atom stereocenters. The van der Waals surface area contributed by atoms with Crippen molar-refractivity contribution < 1.29 is 24.2 Å². The largest absolute Gasteiger partial charge is 0.507 e. The maximum Gasteiger partial charge on any atom is 0.352 e. The van der Waals surface area contributed by atoms with Crippen LogP contribution in [0.15, 0.2) is 72.9 Å². The average Bonchev–Trinajstić information content (AvgIpc) is 3.38. The summed E-state index contributed by atoms with van der Waals surface area (Å²) in [6.07, 6.45) is 2.28. The van der Waals surface area contributed by atoms with Crippen molar-refractivity contribution in [1.29, 1.82) is 0 Å². The zero-order chi connectivity index (χ0) is 24.5. The molecule has 6 rings (SSSR count). The number of anilines is 1. The lowest BCUT2D eigenvalue weighted by Gasteiger charge is -2.12. The van der Waals surface area contributed by atoms with E-state index >= 15 is 4.39 Å². The van der Waals surface area contributed by atoms with Crippen LogP contribution < -0.4 is 5.32 Å². The minimum absolute atomic E-state index is 0.157. The number of aryl methyl sites for hydroxylation is 1. The van der Waals surface area contributed by atoms with Crippen molar-refractivity contribution >= 4 is 17.6 Å². The van der Waals surface area contributed by atoms with Crippen LogP contribution in [0.3, 0.4) is 0 Å². The van der Waals surface area contributed by atoms with Gasteiger partial charge in [-0.15, -0.1) is 0 Å². The van der Waals surface area contributed by atoms with Gasteiger partial charge in [-0.05, 0) is 52.9 Å². The standard InChI is InChI=1S/C28H21FN2O4/c1-31-14-17(10-24(31)26(33)34)21-13-28(21)20-11-19(22(29)12-23(20)30-27(28)35)16-8-6-15(7-9-16)18-4-2-3-5-25(18)32/h2-12,14,21,32H,13H2,1H3,(H,30,35)(H,33,34). The SMILES string of the molecule is Cn1cc(C2CC23C(=O)Nc2cc(F)c(-c4ccc(-c5ccccc5O)cc4)cc23)cc1C(=O)O. The van der Waals surface area contributed by atoms with Gasteiger partial charge in [0.15, 0.2) is 0 Å². The van der Waals surface area contributed by atoms with E-state index in [4.69, 9.17) is 0 Å². The van der Waals surface area contributed by atoms with Crippen LogP contribution in [0.4, 0.5) is 10.1 Å². The van der Waals surface area contributed by atoms with E-state index < -0.39 is 17.2 Å². The quantitative estimate of drug-likeness (QED) is 0.380. The average molecular weight is 468 g/mol. The number of nitrogens with one attached hydrogen (secondary N) is 1. The Morgan fingerprint density at radius 1 is 1.06 bits per heavy atom. The number of nitrogens with zero attached hydrogens (tertiary/aromatic N) is 1. The number of aromatic hydroxyl groups is 1. The smallest absolute Gasteiger partial charge is 0.352 e. The third-order valence-electron chi connectivity index (χ3n) is 7.26. The van der Waals surface area contributed by atoms with Gasteiger partial charge < -0.3 is 20.1 Å². The maximum atomic E-state index is 15.1. The first-order valence-electron chi connectivity index (χ1n) is 11.2. The van der Waals surface area contributed by atoms with Crippen molar-refractivity contribution in [3.05, 3.63) is 95.6 Å². The molecule has 2 unspecified atom stereocenters. The number of carboxylic acids is 1. The molecule has 6 nitrogen and oxygen atoms in total. The first-order chi connectivity index (χ1) is 16.8. The summed E-state index contributed by atoms with van der Waals surface area (Å²) >= 11 is 0. The van der Waals surface area contributed by atoms with Gasteiger partial charge in [-0.25, -0.2) is 9.18 Å². The van der Waals surface area contributed by atoms with E-state index in [0.29, 0.717) is 28.8 Å². The fraction of sp³-hybridized carbons (Fsp3) is 0.143. The van der Waals surface area contributed by atoms with Crippen molar-refractivity contribution in [2.45, 2.75) is 17.8 Å². The topological polar surface area (TPSA) is 91.6 Å². The van der Waals surface area contributed by atoms with Crippen molar-refractivity contribution in [2.24, 2.45) is 7.05 Å². The highest BCUT2D eigenvalue weighted by Crippen LogP contribution is 2.65. The Bertz CT molecular complexity index is 1540. The molecule has 2 heterocycles. The lowest BCUT2D eigenvalue weighted by atomic mass is 9.89. The van der Waals surface area contributed by atoms with Gasteiger partial charge in [0, 0.05) is 36.0 Å². The van der Waals surface area contributed by atoms with Gasteiger partial charge in [0.2, 0.25) is 5.91 Å². The fourth-order valence-corrected chi connectivity index (χ4v) is 5.38. The summed E-state index contributed by atoms with van der Waals surface area (Å²) in [5, 5.41) is 22.3. The molecule has 0 saturated heterocycles. The predicted molar refractivity (Wildman–Crippen MR) is 129 cm³/mol. The van der Waals surface area contributed by atoms with Crippen molar-refractivity contribution in [1.82, 2.24) is 4.57 Å². The van der Waals surface area contributed by atoms with Crippen molar-refractivity contribution in [3.63, 3.8) is 0 Å². The molecular formula is C28H21FN2O4. The van der Waals surface area contributed by atoms with Gasteiger partial charge in [0.05, 0.1) is 5.41 Å². The highest BCUT2D eigenvalue weighted by molar-refractivity contribution is 6.10. The number of rotatable bonds is 4. The summed E-state index contributed by atoms with van der Waals surface area (Å²) in [6.45, 7) is 0. The van der Waals surface area contributed by atoms with E-state index in [-0.39, 0.29) is 23.3 Å². The highest BCUT2D eigenvalue weighted by Gasteiger charge is 2.65. The Hall–Kier alpha value is -4.39. The second kappa shape index (κ2) is 7.30. The number of benzene rings is 3. The Kier molecular flexibility index (Phi) is 4.42. The van der Waals surface area contributed by atoms with Crippen LogP contribution in [0.1, 0.15) is 34.0 Å². The van der Waals surface area contributed by atoms with Gasteiger partial charge in [0.1, 0.15) is 17.3 Å². The number of hydrogen-bond acceptors (Lipinski definition) is 3. The molecular weight excluding hydrogens is 447 g/mol. The van der Waals surface area contributed by atoms with Crippen LogP contribution in [0, 0.1) is 5.82 Å². The second-order valence-corrected chi connectivity index (χ2v) is 9.23. The number of halogens is 1. The molecule has 174 valence electrons. The van der Waals surface area contributed by atoms with Gasteiger partial charge in [-0.3, -0.25) is 4.79 Å². The number of carbonyl (C=O) groups is 2. The number of para-hydroxylation sites is 1. The van der Waals surface area contributed by atoms with Gasteiger partial charge in [-0.1, -0.05) is 42.5 Å². The van der Waals surface area contributed by atoms with Crippen LogP contribution in [0.25, 0.3) is 22.3 Å². The molecule has 7 heteroatoms. The summed E-state index contributed by atoms with van der Waals surface area (Å²) < 4.78 is 16.7. The number of carbonyl (C=O) groups excluding carboxylic acids is 1. The maximum absolute atomic E-state index is 15.1.